The number of rotatable bonds is 2. The van der Waals surface area contributed by atoms with Crippen molar-refractivity contribution in [2.45, 2.75) is 24.7 Å². The monoisotopic (exact) mass is 313 g/mol. The molecule has 0 radical (unpaired) electrons. The Morgan fingerprint density at radius 1 is 1.05 bits per heavy atom. The van der Waals surface area contributed by atoms with Crippen LogP contribution in [0.4, 0.5) is 0 Å². The predicted octanol–water partition coefficient (Wildman–Crippen LogP) is 2.99. The number of allylic oxidation sites excluding steroid dienone is 6. The van der Waals surface area contributed by atoms with E-state index < -0.39 is 10.0 Å². The molecule has 0 heterocycles. The summed E-state index contributed by atoms with van der Waals surface area (Å²) in [5, 5.41) is 0. The minimum Gasteiger partial charge on any atom is -0.290 e. The number of nitrogens with zero attached hydrogens (tertiary/aromatic N) is 1. The Morgan fingerprint density at radius 2 is 1.77 bits per heavy atom. The van der Waals surface area contributed by atoms with Crippen molar-refractivity contribution >= 4 is 21.5 Å². The standard InChI is InChI=1S/C17H15NO3S/c1-12-7-8-14-15(11-12)17(19)10-9-16(14)18-22(20,21)13-5-3-2-4-6-13/h2-7,9-10H,8,11H2,1H3/b18-16-. The van der Waals surface area contributed by atoms with Gasteiger partial charge in [-0.25, -0.2) is 0 Å². The quantitative estimate of drug-likeness (QED) is 0.623. The number of ketones is 1. The Morgan fingerprint density at radius 3 is 2.50 bits per heavy atom. The highest BCUT2D eigenvalue weighted by Crippen LogP contribution is 2.30. The minimum absolute atomic E-state index is 0.0569. The second-order valence-corrected chi connectivity index (χ2v) is 6.95. The molecule has 112 valence electrons. The molecule has 0 atom stereocenters. The first kappa shape index (κ1) is 14.7. The van der Waals surface area contributed by atoms with Crippen LogP contribution in [-0.2, 0) is 14.8 Å². The summed E-state index contributed by atoms with van der Waals surface area (Å²) in [6, 6.07) is 8.09. The predicted molar refractivity (Wildman–Crippen MR) is 85.2 cm³/mol. The molecule has 1 aromatic carbocycles. The van der Waals surface area contributed by atoms with E-state index in [-0.39, 0.29) is 10.7 Å². The average Bonchev–Trinajstić information content (AvgIpc) is 2.51. The summed E-state index contributed by atoms with van der Waals surface area (Å²) in [6.45, 7) is 1.97. The van der Waals surface area contributed by atoms with Gasteiger partial charge in [0, 0.05) is 5.57 Å². The van der Waals surface area contributed by atoms with Crippen LogP contribution in [0, 0.1) is 0 Å². The maximum Gasteiger partial charge on any atom is 0.282 e. The molecule has 1 aromatic rings. The van der Waals surface area contributed by atoms with Gasteiger partial charge in [-0.15, -0.1) is 0 Å². The lowest BCUT2D eigenvalue weighted by molar-refractivity contribution is -0.111. The smallest absolute Gasteiger partial charge is 0.282 e. The number of hydrogen-bond donors (Lipinski definition) is 0. The van der Waals surface area contributed by atoms with Crippen molar-refractivity contribution in [2.75, 3.05) is 0 Å². The molecule has 0 aliphatic heterocycles. The molecule has 0 amide bonds. The summed E-state index contributed by atoms with van der Waals surface area (Å²) < 4.78 is 28.7. The van der Waals surface area contributed by atoms with Gasteiger partial charge in [-0.2, -0.15) is 12.8 Å². The lowest BCUT2D eigenvalue weighted by atomic mass is 9.84. The Kier molecular flexibility index (Phi) is 3.66. The molecule has 2 aliphatic rings. The number of carbonyl (C=O) groups is 1. The lowest BCUT2D eigenvalue weighted by Gasteiger charge is -2.20. The van der Waals surface area contributed by atoms with Crippen LogP contribution in [0.1, 0.15) is 19.8 Å². The van der Waals surface area contributed by atoms with Gasteiger partial charge in [-0.05, 0) is 49.6 Å². The average molecular weight is 313 g/mol. The molecule has 0 spiro atoms. The molecule has 0 N–H and O–H groups in total. The van der Waals surface area contributed by atoms with Crippen LogP contribution in [0.3, 0.4) is 0 Å². The molecule has 0 saturated carbocycles. The van der Waals surface area contributed by atoms with Gasteiger partial charge in [0.2, 0.25) is 0 Å². The van der Waals surface area contributed by atoms with E-state index >= 15 is 0 Å². The fourth-order valence-electron chi connectivity index (χ4n) is 2.57. The van der Waals surface area contributed by atoms with E-state index in [2.05, 4.69) is 4.40 Å². The highest BCUT2D eigenvalue weighted by molar-refractivity contribution is 7.90. The zero-order valence-electron chi connectivity index (χ0n) is 12.1. The van der Waals surface area contributed by atoms with Crippen molar-refractivity contribution in [2.24, 2.45) is 4.40 Å². The first-order chi connectivity index (χ1) is 10.5. The summed E-state index contributed by atoms with van der Waals surface area (Å²) in [7, 11) is -3.77. The van der Waals surface area contributed by atoms with Gasteiger partial charge in [0.15, 0.2) is 5.78 Å². The summed E-state index contributed by atoms with van der Waals surface area (Å²) >= 11 is 0. The van der Waals surface area contributed by atoms with Gasteiger partial charge in [0.1, 0.15) is 0 Å². The molecule has 0 unspecified atom stereocenters. The Labute approximate surface area is 129 Å². The number of carbonyl (C=O) groups excluding carboxylic acids is 1. The Bertz CT molecular complexity index is 856. The number of benzene rings is 1. The van der Waals surface area contributed by atoms with Crippen molar-refractivity contribution in [3.05, 3.63) is 65.3 Å². The van der Waals surface area contributed by atoms with Gasteiger partial charge < -0.3 is 0 Å². The van der Waals surface area contributed by atoms with E-state index in [0.29, 0.717) is 24.1 Å². The largest absolute Gasteiger partial charge is 0.290 e. The van der Waals surface area contributed by atoms with Crippen molar-refractivity contribution < 1.29 is 13.2 Å². The van der Waals surface area contributed by atoms with E-state index in [1.165, 1.54) is 24.3 Å². The maximum atomic E-state index is 12.4. The third-order valence-electron chi connectivity index (χ3n) is 3.73. The molecule has 5 heteroatoms. The highest BCUT2D eigenvalue weighted by atomic mass is 32.2. The van der Waals surface area contributed by atoms with Crippen LogP contribution >= 0.6 is 0 Å². The van der Waals surface area contributed by atoms with E-state index in [9.17, 15) is 13.2 Å². The molecule has 22 heavy (non-hydrogen) atoms. The van der Waals surface area contributed by atoms with Crippen LogP contribution in [0.2, 0.25) is 0 Å². The van der Waals surface area contributed by atoms with Crippen molar-refractivity contribution in [1.29, 1.82) is 0 Å². The minimum atomic E-state index is -3.77. The third kappa shape index (κ3) is 2.72. The van der Waals surface area contributed by atoms with Gasteiger partial charge in [0.25, 0.3) is 10.0 Å². The third-order valence-corrected chi connectivity index (χ3v) is 5.04. The normalized spacial score (nSPS) is 20.1. The molecular weight excluding hydrogens is 298 g/mol. The van der Waals surface area contributed by atoms with Crippen molar-refractivity contribution in [1.82, 2.24) is 0 Å². The molecular formula is C17H15NO3S. The van der Waals surface area contributed by atoms with Crippen molar-refractivity contribution in [3.8, 4) is 0 Å². The fraction of sp³-hybridized carbons (Fsp3) is 0.176. The van der Waals surface area contributed by atoms with Gasteiger partial charge >= 0.3 is 0 Å². The van der Waals surface area contributed by atoms with Gasteiger partial charge in [-0.1, -0.05) is 29.8 Å². The second kappa shape index (κ2) is 5.50. The Hall–Kier alpha value is -2.27. The van der Waals surface area contributed by atoms with Gasteiger partial charge in [0.05, 0.1) is 10.6 Å². The van der Waals surface area contributed by atoms with Crippen LogP contribution in [0.5, 0.6) is 0 Å². The Balaban J connectivity index is 2.05. The van der Waals surface area contributed by atoms with E-state index in [1.54, 1.807) is 18.2 Å². The lowest BCUT2D eigenvalue weighted by Crippen LogP contribution is -2.18. The summed E-state index contributed by atoms with van der Waals surface area (Å²) in [4.78, 5) is 12.1. The van der Waals surface area contributed by atoms with E-state index in [1.807, 2.05) is 13.0 Å². The zero-order valence-corrected chi connectivity index (χ0v) is 12.9. The molecule has 0 bridgehead atoms. The first-order valence-corrected chi connectivity index (χ1v) is 8.42. The summed E-state index contributed by atoms with van der Waals surface area (Å²) in [6.07, 6.45) is 6.01. The number of hydrogen-bond acceptors (Lipinski definition) is 3. The molecule has 4 nitrogen and oxygen atoms in total. The van der Waals surface area contributed by atoms with Gasteiger partial charge in [-0.3, -0.25) is 4.79 Å². The maximum absolute atomic E-state index is 12.4. The topological polar surface area (TPSA) is 63.6 Å². The molecule has 3 rings (SSSR count). The molecule has 0 saturated heterocycles. The second-order valence-electron chi connectivity index (χ2n) is 5.35. The molecule has 0 aromatic heterocycles. The van der Waals surface area contributed by atoms with Crippen LogP contribution < -0.4 is 0 Å². The van der Waals surface area contributed by atoms with Crippen LogP contribution in [-0.4, -0.2) is 19.9 Å². The van der Waals surface area contributed by atoms with Crippen LogP contribution in [0.25, 0.3) is 0 Å². The molecule has 0 fully saturated rings. The van der Waals surface area contributed by atoms with Crippen LogP contribution in [0.15, 0.2) is 74.6 Å². The molecule has 2 aliphatic carbocycles. The summed E-state index contributed by atoms with van der Waals surface area (Å²) in [5.74, 6) is -0.0569. The SMILES string of the molecule is CC1=CCC2=C(C1)C(=O)C=C/C2=N/S(=O)(=O)c1ccccc1. The fourth-order valence-corrected chi connectivity index (χ4v) is 3.60. The highest BCUT2D eigenvalue weighted by Gasteiger charge is 2.25. The van der Waals surface area contributed by atoms with E-state index in [0.717, 1.165) is 11.1 Å². The zero-order chi connectivity index (χ0) is 15.7. The van der Waals surface area contributed by atoms with E-state index in [4.69, 9.17) is 0 Å². The summed E-state index contributed by atoms with van der Waals surface area (Å²) in [5.41, 5.74) is 2.86. The first-order valence-electron chi connectivity index (χ1n) is 6.98. The van der Waals surface area contributed by atoms with Crippen molar-refractivity contribution in [3.63, 3.8) is 0 Å². The number of sulfonamides is 1.